The van der Waals surface area contributed by atoms with Crippen LogP contribution in [0.3, 0.4) is 0 Å². The summed E-state index contributed by atoms with van der Waals surface area (Å²) in [5, 5.41) is 8.29. The van der Waals surface area contributed by atoms with Gasteiger partial charge in [-0.05, 0) is 32.6 Å². The maximum Gasteiger partial charge on any atom is 0.331 e. The van der Waals surface area contributed by atoms with E-state index in [1.54, 1.807) is 0 Å². The Morgan fingerprint density at radius 3 is 2.36 bits per heavy atom. The topological polar surface area (TPSA) is 63.6 Å². The molecule has 1 aliphatic carbocycles. The molecule has 0 radical (unpaired) electrons. The van der Waals surface area contributed by atoms with Gasteiger partial charge in [0, 0.05) is 12.2 Å². The zero-order valence-electron chi connectivity index (χ0n) is 8.16. The van der Waals surface area contributed by atoms with Crippen LogP contribution in [0.5, 0.6) is 0 Å². The summed E-state index contributed by atoms with van der Waals surface area (Å²) in [5.41, 5.74) is -0.389. The van der Waals surface area contributed by atoms with Crippen LogP contribution in [0.25, 0.3) is 0 Å². The molecule has 0 saturated heterocycles. The van der Waals surface area contributed by atoms with Crippen molar-refractivity contribution < 1.29 is 19.4 Å². The summed E-state index contributed by atoms with van der Waals surface area (Å²) in [6.07, 6.45) is 5.59. The van der Waals surface area contributed by atoms with Crippen LogP contribution in [0, 0.1) is 0 Å². The highest BCUT2D eigenvalue weighted by atomic mass is 16.6. The van der Waals surface area contributed by atoms with Gasteiger partial charge in [-0.3, -0.25) is 0 Å². The van der Waals surface area contributed by atoms with E-state index in [-0.39, 0.29) is 5.60 Å². The quantitative estimate of drug-likeness (QED) is 0.551. The molecular weight excluding hydrogens is 184 g/mol. The van der Waals surface area contributed by atoms with Gasteiger partial charge in [0.25, 0.3) is 0 Å². The molecule has 1 fully saturated rings. The fourth-order valence-electron chi connectivity index (χ4n) is 1.64. The predicted molar refractivity (Wildman–Crippen MR) is 49.7 cm³/mol. The number of aliphatic carboxylic acids is 1. The molecule has 0 aromatic carbocycles. The minimum Gasteiger partial charge on any atom is -0.478 e. The first-order valence-corrected chi connectivity index (χ1v) is 4.66. The maximum absolute atomic E-state index is 11.1. The number of carbonyl (C=O) groups is 2. The Labute approximate surface area is 82.6 Å². The SMILES string of the molecule is CC1(OC(=O)/C=C/C(=O)O)CCCC1. The standard InChI is InChI=1S/C10H14O4/c1-10(6-2-3-7-10)14-9(13)5-4-8(11)12/h4-5H,2-3,6-7H2,1H3,(H,11,12)/b5-4+. The number of hydrogen-bond donors (Lipinski definition) is 1. The van der Waals surface area contributed by atoms with Gasteiger partial charge in [-0.15, -0.1) is 0 Å². The molecule has 0 aromatic rings. The van der Waals surface area contributed by atoms with E-state index in [0.717, 1.165) is 37.8 Å². The fraction of sp³-hybridized carbons (Fsp3) is 0.600. The molecule has 78 valence electrons. The molecule has 14 heavy (non-hydrogen) atoms. The second-order valence-corrected chi connectivity index (χ2v) is 3.75. The highest BCUT2D eigenvalue weighted by molar-refractivity contribution is 5.90. The summed E-state index contributed by atoms with van der Waals surface area (Å²) in [4.78, 5) is 21.3. The summed E-state index contributed by atoms with van der Waals surface area (Å²) in [6.45, 7) is 1.88. The van der Waals surface area contributed by atoms with E-state index in [0.29, 0.717) is 0 Å². The molecule has 0 aromatic heterocycles. The summed E-state index contributed by atoms with van der Waals surface area (Å²) < 4.78 is 5.16. The van der Waals surface area contributed by atoms with E-state index >= 15 is 0 Å². The lowest BCUT2D eigenvalue weighted by molar-refractivity contribution is -0.151. The normalized spacial score (nSPS) is 19.8. The molecule has 1 saturated carbocycles. The van der Waals surface area contributed by atoms with Crippen molar-refractivity contribution in [1.82, 2.24) is 0 Å². The van der Waals surface area contributed by atoms with Crippen LogP contribution >= 0.6 is 0 Å². The lowest BCUT2D eigenvalue weighted by Crippen LogP contribution is -2.27. The van der Waals surface area contributed by atoms with Crippen LogP contribution in [0.1, 0.15) is 32.6 Å². The second-order valence-electron chi connectivity index (χ2n) is 3.75. The van der Waals surface area contributed by atoms with Crippen molar-refractivity contribution in [1.29, 1.82) is 0 Å². The third-order valence-electron chi connectivity index (χ3n) is 2.37. The van der Waals surface area contributed by atoms with Crippen LogP contribution in [-0.2, 0) is 14.3 Å². The summed E-state index contributed by atoms with van der Waals surface area (Å²) in [5.74, 6) is -1.71. The van der Waals surface area contributed by atoms with E-state index in [4.69, 9.17) is 9.84 Å². The summed E-state index contributed by atoms with van der Waals surface area (Å²) in [7, 11) is 0. The molecule has 1 aliphatic rings. The van der Waals surface area contributed by atoms with Gasteiger partial charge in [-0.2, -0.15) is 0 Å². The summed E-state index contributed by atoms with van der Waals surface area (Å²) >= 11 is 0. The highest BCUT2D eigenvalue weighted by Gasteiger charge is 2.31. The van der Waals surface area contributed by atoms with Gasteiger partial charge in [-0.1, -0.05) is 0 Å². The minimum absolute atomic E-state index is 0.389. The number of carbonyl (C=O) groups excluding carboxylic acids is 1. The van der Waals surface area contributed by atoms with Crippen LogP contribution < -0.4 is 0 Å². The van der Waals surface area contributed by atoms with Crippen molar-refractivity contribution in [3.8, 4) is 0 Å². The third-order valence-corrected chi connectivity index (χ3v) is 2.37. The smallest absolute Gasteiger partial charge is 0.331 e. The van der Waals surface area contributed by atoms with E-state index < -0.39 is 11.9 Å². The molecule has 0 unspecified atom stereocenters. The molecule has 1 N–H and O–H groups in total. The molecule has 4 nitrogen and oxygen atoms in total. The average Bonchev–Trinajstić information content (AvgIpc) is 2.48. The molecule has 1 rings (SSSR count). The van der Waals surface area contributed by atoms with E-state index in [9.17, 15) is 9.59 Å². The van der Waals surface area contributed by atoms with E-state index in [2.05, 4.69) is 0 Å². The van der Waals surface area contributed by atoms with Crippen molar-refractivity contribution in [3.63, 3.8) is 0 Å². The lowest BCUT2D eigenvalue weighted by Gasteiger charge is -2.22. The Balaban J connectivity index is 2.44. The van der Waals surface area contributed by atoms with Gasteiger partial charge in [0.1, 0.15) is 5.60 Å². The Morgan fingerprint density at radius 1 is 1.29 bits per heavy atom. The molecule has 0 spiro atoms. The molecule has 0 atom stereocenters. The average molecular weight is 198 g/mol. The molecule has 0 aliphatic heterocycles. The van der Waals surface area contributed by atoms with Crippen LogP contribution in [0.2, 0.25) is 0 Å². The first-order valence-electron chi connectivity index (χ1n) is 4.66. The van der Waals surface area contributed by atoms with Gasteiger partial charge < -0.3 is 9.84 Å². The van der Waals surface area contributed by atoms with Crippen LogP contribution in [0.15, 0.2) is 12.2 Å². The van der Waals surface area contributed by atoms with E-state index in [1.165, 1.54) is 0 Å². The Morgan fingerprint density at radius 2 is 1.86 bits per heavy atom. The largest absolute Gasteiger partial charge is 0.478 e. The van der Waals surface area contributed by atoms with Gasteiger partial charge in [-0.25, -0.2) is 9.59 Å². The van der Waals surface area contributed by atoms with Crippen LogP contribution in [0.4, 0.5) is 0 Å². The predicted octanol–water partition coefficient (Wildman–Crippen LogP) is 1.50. The van der Waals surface area contributed by atoms with Gasteiger partial charge >= 0.3 is 11.9 Å². The number of hydrogen-bond acceptors (Lipinski definition) is 3. The first kappa shape index (κ1) is 10.8. The second kappa shape index (κ2) is 4.26. The molecular formula is C10H14O4. The lowest BCUT2D eigenvalue weighted by atomic mass is 10.1. The Hall–Kier alpha value is -1.32. The molecule has 0 heterocycles. The minimum atomic E-state index is -1.14. The van der Waals surface area contributed by atoms with Crippen molar-refractivity contribution in [3.05, 3.63) is 12.2 Å². The summed E-state index contributed by atoms with van der Waals surface area (Å²) in [6, 6.07) is 0. The fourth-order valence-corrected chi connectivity index (χ4v) is 1.64. The number of esters is 1. The number of carboxylic acids is 1. The monoisotopic (exact) mass is 198 g/mol. The Bertz CT molecular complexity index is 261. The van der Waals surface area contributed by atoms with Gasteiger partial charge in [0.05, 0.1) is 0 Å². The maximum atomic E-state index is 11.1. The first-order chi connectivity index (χ1) is 6.52. The van der Waals surface area contributed by atoms with Crippen molar-refractivity contribution >= 4 is 11.9 Å². The van der Waals surface area contributed by atoms with Crippen molar-refractivity contribution in [2.24, 2.45) is 0 Å². The number of ether oxygens (including phenoxy) is 1. The zero-order valence-corrected chi connectivity index (χ0v) is 8.16. The number of rotatable bonds is 3. The van der Waals surface area contributed by atoms with Gasteiger partial charge in [0.15, 0.2) is 0 Å². The molecule has 0 bridgehead atoms. The van der Waals surface area contributed by atoms with Crippen LogP contribution in [-0.4, -0.2) is 22.6 Å². The Kier molecular flexibility index (Phi) is 3.28. The highest BCUT2D eigenvalue weighted by Crippen LogP contribution is 2.32. The zero-order chi connectivity index (χ0) is 10.6. The molecule has 4 heteroatoms. The van der Waals surface area contributed by atoms with Gasteiger partial charge in [0.2, 0.25) is 0 Å². The number of carboxylic acid groups (broad SMARTS) is 1. The third kappa shape index (κ3) is 3.20. The van der Waals surface area contributed by atoms with Crippen molar-refractivity contribution in [2.45, 2.75) is 38.2 Å². The molecule has 0 amide bonds. The van der Waals surface area contributed by atoms with E-state index in [1.807, 2.05) is 6.92 Å². The van der Waals surface area contributed by atoms with Crippen molar-refractivity contribution in [2.75, 3.05) is 0 Å².